The van der Waals surface area contributed by atoms with E-state index in [2.05, 4.69) is 0 Å². The highest BCUT2D eigenvalue weighted by Gasteiger charge is 2.73. The summed E-state index contributed by atoms with van der Waals surface area (Å²) in [7, 11) is 0. The molecule has 1 spiro atoms. The van der Waals surface area contributed by atoms with Crippen LogP contribution in [0.25, 0.3) is 0 Å². The maximum absolute atomic E-state index is 11.9. The minimum absolute atomic E-state index is 0.0165. The summed E-state index contributed by atoms with van der Waals surface area (Å²) in [5, 5.41) is 0. The number of carbonyl (C=O) groups excluding carboxylic acids is 2. The lowest BCUT2D eigenvalue weighted by molar-refractivity contribution is -0.146. The molecule has 5 heteroatoms. The molecule has 0 bridgehead atoms. The van der Waals surface area contributed by atoms with Crippen LogP contribution in [-0.4, -0.2) is 33.9 Å². The van der Waals surface area contributed by atoms with Gasteiger partial charge in [0.05, 0.1) is 16.6 Å². The van der Waals surface area contributed by atoms with Crippen molar-refractivity contribution in [1.29, 1.82) is 0 Å². The lowest BCUT2D eigenvalue weighted by atomic mass is 10.1. The molecular weight excluding hydrogens is 244 g/mol. The van der Waals surface area contributed by atoms with Crippen LogP contribution in [0.2, 0.25) is 0 Å². The minimum atomic E-state index is -0.155. The molecule has 3 atom stereocenters. The largest absolute Gasteiger partial charge is 0.466 e. The summed E-state index contributed by atoms with van der Waals surface area (Å²) < 4.78 is 5.07. The molecule has 0 aromatic carbocycles. The van der Waals surface area contributed by atoms with Gasteiger partial charge >= 0.3 is 5.97 Å². The molecular formula is C11H14O3S2. The maximum atomic E-state index is 11.9. The van der Waals surface area contributed by atoms with Crippen LogP contribution in [-0.2, 0) is 14.3 Å². The van der Waals surface area contributed by atoms with Gasteiger partial charge in [-0.15, -0.1) is 23.5 Å². The summed E-state index contributed by atoms with van der Waals surface area (Å²) in [6.07, 6.45) is 0.660. The second-order valence-electron chi connectivity index (χ2n) is 4.48. The fourth-order valence-electron chi connectivity index (χ4n) is 3.03. The zero-order chi connectivity index (χ0) is 11.3. The summed E-state index contributed by atoms with van der Waals surface area (Å²) in [5.41, 5.74) is 0. The zero-order valence-corrected chi connectivity index (χ0v) is 10.7. The van der Waals surface area contributed by atoms with Gasteiger partial charge in [0.25, 0.3) is 0 Å². The van der Waals surface area contributed by atoms with Crippen LogP contribution < -0.4 is 0 Å². The normalized spacial score (nSPS) is 38.8. The van der Waals surface area contributed by atoms with Crippen molar-refractivity contribution in [1.82, 2.24) is 0 Å². The summed E-state index contributed by atoms with van der Waals surface area (Å²) in [5.74, 6) is 2.46. The fraction of sp³-hybridized carbons (Fsp3) is 0.818. The van der Waals surface area contributed by atoms with Gasteiger partial charge in [-0.2, -0.15) is 0 Å². The number of hydrogen-bond donors (Lipinski definition) is 0. The SMILES string of the molecule is CCOC(=O)C1C2C(=O)CC3(SCCS3)C21. The van der Waals surface area contributed by atoms with Crippen LogP contribution in [0.15, 0.2) is 0 Å². The Labute approximate surface area is 103 Å². The van der Waals surface area contributed by atoms with Crippen molar-refractivity contribution in [3.05, 3.63) is 0 Å². The standard InChI is InChI=1S/C11H14O3S2/c1-2-14-10(13)8-7-6(12)5-11(9(7)8)15-3-4-16-11/h7-9H,2-5H2,1H3. The van der Waals surface area contributed by atoms with Gasteiger partial charge in [-0.3, -0.25) is 9.59 Å². The topological polar surface area (TPSA) is 43.4 Å². The van der Waals surface area contributed by atoms with Crippen molar-refractivity contribution in [2.45, 2.75) is 17.4 Å². The molecule has 3 unspecified atom stereocenters. The van der Waals surface area contributed by atoms with Gasteiger partial charge in [-0.05, 0) is 6.92 Å². The Morgan fingerprint density at radius 3 is 2.81 bits per heavy atom. The molecule has 0 radical (unpaired) electrons. The molecule has 0 aromatic heterocycles. The smallest absolute Gasteiger partial charge is 0.310 e. The second kappa shape index (κ2) is 3.67. The van der Waals surface area contributed by atoms with Crippen molar-refractivity contribution in [2.24, 2.45) is 17.8 Å². The Bertz CT molecular complexity index is 349. The lowest BCUT2D eigenvalue weighted by Crippen LogP contribution is -2.24. The number of rotatable bonds is 2. The average Bonchev–Trinajstić information content (AvgIpc) is 2.77. The van der Waals surface area contributed by atoms with E-state index < -0.39 is 0 Å². The van der Waals surface area contributed by atoms with Crippen molar-refractivity contribution in [3.63, 3.8) is 0 Å². The predicted octanol–water partition coefficient (Wildman–Crippen LogP) is 1.56. The van der Waals surface area contributed by atoms with Crippen LogP contribution in [0.3, 0.4) is 0 Å². The van der Waals surface area contributed by atoms with E-state index in [9.17, 15) is 9.59 Å². The van der Waals surface area contributed by atoms with Gasteiger partial charge < -0.3 is 4.74 Å². The summed E-state index contributed by atoms with van der Waals surface area (Å²) in [4.78, 5) is 23.6. The van der Waals surface area contributed by atoms with Gasteiger partial charge in [0.2, 0.25) is 0 Å². The molecule has 3 nitrogen and oxygen atoms in total. The Morgan fingerprint density at radius 2 is 2.19 bits per heavy atom. The zero-order valence-electron chi connectivity index (χ0n) is 9.10. The Balaban J connectivity index is 1.79. The van der Waals surface area contributed by atoms with Gasteiger partial charge in [-0.25, -0.2) is 0 Å². The van der Waals surface area contributed by atoms with Crippen LogP contribution in [0.4, 0.5) is 0 Å². The second-order valence-corrected chi connectivity index (χ2v) is 7.59. The molecule has 2 aliphatic carbocycles. The number of Topliss-reactive ketones (excluding diaryl/α,β-unsaturated/α-hetero) is 1. The highest BCUT2D eigenvalue weighted by molar-refractivity contribution is 8.21. The van der Waals surface area contributed by atoms with Gasteiger partial charge in [-0.1, -0.05) is 0 Å². The molecule has 2 saturated carbocycles. The van der Waals surface area contributed by atoms with Crippen LogP contribution >= 0.6 is 23.5 Å². The van der Waals surface area contributed by atoms with E-state index in [-0.39, 0.29) is 33.6 Å². The monoisotopic (exact) mass is 258 g/mol. The first-order valence-electron chi connectivity index (χ1n) is 5.67. The molecule has 16 heavy (non-hydrogen) atoms. The molecule has 1 saturated heterocycles. The number of ketones is 1. The number of fused-ring (bicyclic) bond motifs is 2. The number of thioether (sulfide) groups is 2. The van der Waals surface area contributed by atoms with Crippen molar-refractivity contribution in [2.75, 3.05) is 18.1 Å². The number of carbonyl (C=O) groups is 2. The Morgan fingerprint density at radius 1 is 1.50 bits per heavy atom. The third-order valence-electron chi connectivity index (χ3n) is 3.65. The number of esters is 1. The molecule has 1 heterocycles. The third kappa shape index (κ3) is 1.37. The summed E-state index contributed by atoms with van der Waals surface area (Å²) in [6, 6.07) is 0. The van der Waals surface area contributed by atoms with Crippen LogP contribution in [0.5, 0.6) is 0 Å². The number of hydrogen-bond acceptors (Lipinski definition) is 5. The highest BCUT2D eigenvalue weighted by Crippen LogP contribution is 2.70. The molecule has 0 aromatic rings. The predicted molar refractivity (Wildman–Crippen MR) is 64.4 cm³/mol. The van der Waals surface area contributed by atoms with Gasteiger partial charge in [0.15, 0.2) is 0 Å². The molecule has 1 aliphatic heterocycles. The number of ether oxygens (including phenoxy) is 1. The molecule has 88 valence electrons. The third-order valence-corrected chi connectivity index (χ3v) is 7.25. The first-order chi connectivity index (χ1) is 7.69. The van der Waals surface area contributed by atoms with E-state index in [1.165, 1.54) is 0 Å². The van der Waals surface area contributed by atoms with Gasteiger partial charge in [0.1, 0.15) is 5.78 Å². The Hall–Kier alpha value is -0.160. The lowest BCUT2D eigenvalue weighted by Gasteiger charge is -2.23. The first-order valence-corrected chi connectivity index (χ1v) is 7.64. The molecule has 0 amide bonds. The first kappa shape index (κ1) is 11.0. The minimum Gasteiger partial charge on any atom is -0.466 e. The Kier molecular flexibility index (Phi) is 2.51. The van der Waals surface area contributed by atoms with Crippen LogP contribution in [0.1, 0.15) is 13.3 Å². The van der Waals surface area contributed by atoms with E-state index in [4.69, 9.17) is 4.74 Å². The van der Waals surface area contributed by atoms with Crippen molar-refractivity contribution < 1.29 is 14.3 Å². The van der Waals surface area contributed by atoms with E-state index in [0.717, 1.165) is 11.5 Å². The van der Waals surface area contributed by atoms with Crippen molar-refractivity contribution in [3.8, 4) is 0 Å². The fourth-order valence-corrected chi connectivity index (χ4v) is 6.69. The van der Waals surface area contributed by atoms with E-state index in [1.54, 1.807) is 0 Å². The van der Waals surface area contributed by atoms with Crippen molar-refractivity contribution >= 4 is 35.3 Å². The molecule has 0 N–H and O–H groups in total. The molecule has 3 rings (SSSR count). The van der Waals surface area contributed by atoms with E-state index >= 15 is 0 Å². The quantitative estimate of drug-likeness (QED) is 0.703. The highest BCUT2D eigenvalue weighted by atomic mass is 32.2. The summed E-state index contributed by atoms with van der Waals surface area (Å²) in [6.45, 7) is 2.23. The van der Waals surface area contributed by atoms with E-state index in [0.29, 0.717) is 13.0 Å². The summed E-state index contributed by atoms with van der Waals surface area (Å²) >= 11 is 3.76. The maximum Gasteiger partial charge on any atom is 0.310 e. The average molecular weight is 258 g/mol. The van der Waals surface area contributed by atoms with Gasteiger partial charge in [0, 0.05) is 29.8 Å². The molecule has 3 fully saturated rings. The van der Waals surface area contributed by atoms with E-state index in [1.807, 2.05) is 30.4 Å². The van der Waals surface area contributed by atoms with Crippen LogP contribution in [0, 0.1) is 17.8 Å². The molecule has 3 aliphatic rings.